The highest BCUT2D eigenvalue weighted by atomic mass is 32.1. The summed E-state index contributed by atoms with van der Waals surface area (Å²) in [6.07, 6.45) is 1.82. The molecule has 2 aromatic heterocycles. The van der Waals surface area contributed by atoms with Crippen LogP contribution in [0.4, 0.5) is 9.93 Å². The number of nitrogens with zero attached hydrogens (tertiary/aromatic N) is 3. The number of hydrogen-bond acceptors (Lipinski definition) is 6. The Kier molecular flexibility index (Phi) is 5.31. The molecule has 2 amide bonds. The van der Waals surface area contributed by atoms with E-state index >= 15 is 0 Å². The second-order valence-electron chi connectivity index (χ2n) is 7.26. The summed E-state index contributed by atoms with van der Waals surface area (Å²) in [5, 5.41) is 3.20. The lowest BCUT2D eigenvalue weighted by Gasteiger charge is -2.29. The number of amides is 2. The molecule has 0 saturated carbocycles. The van der Waals surface area contributed by atoms with Crippen LogP contribution in [0, 0.1) is 0 Å². The zero-order valence-corrected chi connectivity index (χ0v) is 16.3. The molecule has 27 heavy (non-hydrogen) atoms. The van der Waals surface area contributed by atoms with Gasteiger partial charge in [0, 0.05) is 30.1 Å². The van der Waals surface area contributed by atoms with Crippen LogP contribution in [0.5, 0.6) is 0 Å². The van der Waals surface area contributed by atoms with Gasteiger partial charge in [-0.15, -0.1) is 0 Å². The normalized spacial score (nSPS) is 13.8. The highest BCUT2D eigenvalue weighted by molar-refractivity contribution is 7.15. The maximum atomic E-state index is 12.2. The lowest BCUT2D eigenvalue weighted by atomic mass is 10.2. The van der Waals surface area contributed by atoms with Gasteiger partial charge in [0.2, 0.25) is 5.91 Å². The average molecular weight is 390 g/mol. The molecule has 0 spiro atoms. The monoisotopic (exact) mass is 390 g/mol. The van der Waals surface area contributed by atoms with Gasteiger partial charge < -0.3 is 19.5 Å². The number of anilines is 1. The molecule has 1 aliphatic heterocycles. The Morgan fingerprint density at radius 3 is 2.81 bits per heavy atom. The standard InChI is InChI=1S/C18H22N4O4S/c1-18(2,3)26-17(25)22-9-7-12-13(10-22)27-16(19-12)20-14(23)11-21-8-5-4-6-15(21)24/h4-6,8H,7,9-11H2,1-3H3,(H,19,20,23). The molecule has 0 unspecified atom stereocenters. The minimum atomic E-state index is -0.542. The first-order valence-corrected chi connectivity index (χ1v) is 9.45. The van der Waals surface area contributed by atoms with Gasteiger partial charge in [-0.2, -0.15) is 0 Å². The van der Waals surface area contributed by atoms with Crippen molar-refractivity contribution in [3.05, 3.63) is 45.3 Å². The van der Waals surface area contributed by atoms with E-state index in [0.717, 1.165) is 10.6 Å². The fourth-order valence-corrected chi connectivity index (χ4v) is 3.68. The van der Waals surface area contributed by atoms with E-state index in [1.165, 1.54) is 22.0 Å². The maximum absolute atomic E-state index is 12.2. The molecule has 9 heteroatoms. The van der Waals surface area contributed by atoms with Crippen molar-refractivity contribution in [1.29, 1.82) is 0 Å². The number of nitrogens with one attached hydrogen (secondary N) is 1. The van der Waals surface area contributed by atoms with Crippen molar-refractivity contribution in [2.75, 3.05) is 11.9 Å². The van der Waals surface area contributed by atoms with Crippen LogP contribution in [0.15, 0.2) is 29.2 Å². The van der Waals surface area contributed by atoms with Gasteiger partial charge >= 0.3 is 6.09 Å². The van der Waals surface area contributed by atoms with E-state index in [4.69, 9.17) is 4.74 Å². The van der Waals surface area contributed by atoms with Crippen LogP contribution in [0.3, 0.4) is 0 Å². The van der Waals surface area contributed by atoms with Gasteiger partial charge in [-0.1, -0.05) is 17.4 Å². The van der Waals surface area contributed by atoms with Gasteiger partial charge in [-0.3, -0.25) is 9.59 Å². The number of thiazole rings is 1. The van der Waals surface area contributed by atoms with Crippen molar-refractivity contribution >= 4 is 28.5 Å². The second kappa shape index (κ2) is 7.51. The van der Waals surface area contributed by atoms with Crippen molar-refractivity contribution < 1.29 is 14.3 Å². The van der Waals surface area contributed by atoms with Crippen molar-refractivity contribution in [2.45, 2.75) is 45.9 Å². The largest absolute Gasteiger partial charge is 0.444 e. The van der Waals surface area contributed by atoms with Gasteiger partial charge in [0.05, 0.1) is 12.2 Å². The van der Waals surface area contributed by atoms with Crippen molar-refractivity contribution in [3.63, 3.8) is 0 Å². The molecule has 0 fully saturated rings. The third-order valence-electron chi connectivity index (χ3n) is 3.84. The van der Waals surface area contributed by atoms with Crippen molar-refractivity contribution in [1.82, 2.24) is 14.5 Å². The molecule has 0 atom stereocenters. The van der Waals surface area contributed by atoms with Crippen LogP contribution < -0.4 is 10.9 Å². The quantitative estimate of drug-likeness (QED) is 0.867. The van der Waals surface area contributed by atoms with E-state index in [1.807, 2.05) is 20.8 Å². The number of carbonyl (C=O) groups is 2. The Morgan fingerprint density at radius 1 is 1.33 bits per heavy atom. The molecular formula is C18H22N4O4S. The fourth-order valence-electron chi connectivity index (χ4n) is 2.64. The summed E-state index contributed by atoms with van der Waals surface area (Å²) in [7, 11) is 0. The van der Waals surface area contributed by atoms with Crippen LogP contribution in [-0.2, 0) is 29.0 Å². The molecule has 144 valence electrons. The first-order valence-electron chi connectivity index (χ1n) is 8.63. The summed E-state index contributed by atoms with van der Waals surface area (Å²) in [4.78, 5) is 43.1. The first kappa shape index (κ1) is 19.1. The molecule has 0 aliphatic carbocycles. The van der Waals surface area contributed by atoms with Gasteiger partial charge in [0.1, 0.15) is 12.1 Å². The summed E-state index contributed by atoms with van der Waals surface area (Å²) in [6, 6.07) is 4.73. The molecule has 0 bridgehead atoms. The van der Waals surface area contributed by atoms with E-state index in [0.29, 0.717) is 24.6 Å². The number of pyridine rings is 1. The third-order valence-corrected chi connectivity index (χ3v) is 4.84. The van der Waals surface area contributed by atoms with Crippen LogP contribution in [0.2, 0.25) is 0 Å². The fraction of sp³-hybridized carbons (Fsp3) is 0.444. The van der Waals surface area contributed by atoms with Gasteiger partial charge in [-0.05, 0) is 26.8 Å². The number of fused-ring (bicyclic) bond motifs is 1. The lowest BCUT2D eigenvalue weighted by molar-refractivity contribution is -0.116. The van der Waals surface area contributed by atoms with Gasteiger partial charge in [0.15, 0.2) is 5.13 Å². The maximum Gasteiger partial charge on any atom is 0.410 e. The van der Waals surface area contributed by atoms with Crippen molar-refractivity contribution in [2.24, 2.45) is 0 Å². The van der Waals surface area contributed by atoms with E-state index in [1.54, 1.807) is 23.2 Å². The number of carbonyl (C=O) groups excluding carboxylic acids is 2. The molecule has 0 radical (unpaired) electrons. The lowest BCUT2D eigenvalue weighted by Crippen LogP contribution is -2.39. The topological polar surface area (TPSA) is 93.5 Å². The number of hydrogen-bond donors (Lipinski definition) is 1. The zero-order chi connectivity index (χ0) is 19.6. The minimum Gasteiger partial charge on any atom is -0.444 e. The zero-order valence-electron chi connectivity index (χ0n) is 15.5. The van der Waals surface area contributed by atoms with Gasteiger partial charge in [0.25, 0.3) is 5.56 Å². The minimum absolute atomic E-state index is 0.0754. The molecule has 0 saturated heterocycles. The average Bonchev–Trinajstić information content (AvgIpc) is 2.96. The predicted octanol–water partition coefficient (Wildman–Crippen LogP) is 2.24. The Balaban J connectivity index is 1.63. The highest BCUT2D eigenvalue weighted by Crippen LogP contribution is 2.29. The van der Waals surface area contributed by atoms with E-state index in [2.05, 4.69) is 10.3 Å². The smallest absolute Gasteiger partial charge is 0.410 e. The number of ether oxygens (including phenoxy) is 1. The Morgan fingerprint density at radius 2 is 2.11 bits per heavy atom. The van der Waals surface area contributed by atoms with Crippen molar-refractivity contribution in [3.8, 4) is 0 Å². The summed E-state index contributed by atoms with van der Waals surface area (Å²) in [5.74, 6) is -0.321. The van der Waals surface area contributed by atoms with Crippen LogP contribution in [-0.4, -0.2) is 38.6 Å². The Bertz CT molecular complexity index is 913. The summed E-state index contributed by atoms with van der Waals surface area (Å²) >= 11 is 1.34. The van der Waals surface area contributed by atoms with Crippen LogP contribution >= 0.6 is 11.3 Å². The molecular weight excluding hydrogens is 368 g/mol. The van der Waals surface area contributed by atoms with Crippen LogP contribution in [0.1, 0.15) is 31.3 Å². The molecule has 2 aromatic rings. The molecule has 8 nitrogen and oxygen atoms in total. The number of aromatic nitrogens is 2. The summed E-state index contributed by atoms with van der Waals surface area (Å²) in [5.41, 5.74) is 0.103. The van der Waals surface area contributed by atoms with E-state index < -0.39 is 5.60 Å². The van der Waals surface area contributed by atoms with Gasteiger partial charge in [-0.25, -0.2) is 9.78 Å². The molecule has 1 N–H and O–H groups in total. The number of rotatable bonds is 3. The Labute approximate surface area is 160 Å². The summed E-state index contributed by atoms with van der Waals surface area (Å²) < 4.78 is 6.74. The predicted molar refractivity (Wildman–Crippen MR) is 102 cm³/mol. The van der Waals surface area contributed by atoms with E-state index in [-0.39, 0.29) is 24.1 Å². The third kappa shape index (κ3) is 4.94. The molecule has 1 aliphatic rings. The highest BCUT2D eigenvalue weighted by Gasteiger charge is 2.28. The molecule has 0 aromatic carbocycles. The molecule has 3 heterocycles. The second-order valence-corrected chi connectivity index (χ2v) is 8.34. The Hall–Kier alpha value is -2.68. The van der Waals surface area contributed by atoms with E-state index in [9.17, 15) is 14.4 Å². The first-order chi connectivity index (χ1) is 12.7. The molecule has 3 rings (SSSR count). The summed E-state index contributed by atoms with van der Waals surface area (Å²) in [6.45, 7) is 6.36. The van der Waals surface area contributed by atoms with Crippen LogP contribution in [0.25, 0.3) is 0 Å². The SMILES string of the molecule is CC(C)(C)OC(=O)N1CCc2nc(NC(=O)Cn3ccccc3=O)sc2C1.